The second-order valence-corrected chi connectivity index (χ2v) is 6.43. The normalized spacial score (nSPS) is 13.9. The maximum absolute atomic E-state index is 12.0. The van der Waals surface area contributed by atoms with Crippen LogP contribution in [0.15, 0.2) is 42.6 Å². The summed E-state index contributed by atoms with van der Waals surface area (Å²) in [4.78, 5) is 18.7. The molecule has 2 aromatic rings. The first-order valence-electron chi connectivity index (χ1n) is 8.89. The second-order valence-electron chi connectivity index (χ2n) is 6.00. The first kappa shape index (κ1) is 19.3. The van der Waals surface area contributed by atoms with Crippen molar-refractivity contribution in [2.75, 3.05) is 44.4 Å². The Balaban J connectivity index is 1.40. The molecular weight excluding hydrogens is 368 g/mol. The predicted octanol–water partition coefficient (Wildman–Crippen LogP) is 2.45. The van der Waals surface area contributed by atoms with Crippen LogP contribution in [0.1, 0.15) is 5.56 Å². The third-order valence-corrected chi connectivity index (χ3v) is 4.34. The van der Waals surface area contributed by atoms with E-state index < -0.39 is 0 Å². The van der Waals surface area contributed by atoms with Gasteiger partial charge in [-0.1, -0.05) is 17.7 Å². The van der Waals surface area contributed by atoms with Crippen molar-refractivity contribution in [3.63, 3.8) is 0 Å². The molecule has 0 unspecified atom stereocenters. The summed E-state index contributed by atoms with van der Waals surface area (Å²) in [5.74, 6) is 1.61. The highest BCUT2D eigenvalue weighted by Gasteiger charge is 2.16. The van der Waals surface area contributed by atoms with Crippen molar-refractivity contribution in [1.29, 1.82) is 0 Å². The molecule has 8 heteroatoms. The number of hydrogen-bond donors (Lipinski definition) is 2. The highest BCUT2D eigenvalue weighted by molar-refractivity contribution is 6.30. The molecule has 0 aliphatic carbocycles. The van der Waals surface area contributed by atoms with Gasteiger partial charge in [-0.15, -0.1) is 0 Å². The summed E-state index contributed by atoms with van der Waals surface area (Å²) in [6, 6.07) is 10.7. The number of hydrogen-bond acceptors (Lipinski definition) is 5. The Morgan fingerprint density at radius 2 is 1.96 bits per heavy atom. The number of pyridine rings is 1. The number of urea groups is 1. The van der Waals surface area contributed by atoms with Crippen LogP contribution in [0.2, 0.25) is 5.02 Å². The number of aromatic nitrogens is 1. The number of nitrogens with one attached hydrogen (secondary N) is 2. The van der Waals surface area contributed by atoms with Crippen molar-refractivity contribution in [3.8, 4) is 5.75 Å². The minimum atomic E-state index is -0.244. The molecule has 2 amide bonds. The third kappa shape index (κ3) is 6.01. The summed E-state index contributed by atoms with van der Waals surface area (Å²) in [5, 5.41) is 6.30. The van der Waals surface area contributed by atoms with Crippen molar-refractivity contribution in [1.82, 2.24) is 15.6 Å². The van der Waals surface area contributed by atoms with Crippen LogP contribution in [-0.4, -0.2) is 50.5 Å². The van der Waals surface area contributed by atoms with Crippen molar-refractivity contribution >= 4 is 23.4 Å². The zero-order valence-corrected chi connectivity index (χ0v) is 15.7. The van der Waals surface area contributed by atoms with E-state index in [0.717, 1.165) is 24.5 Å². The molecule has 0 radical (unpaired) electrons. The van der Waals surface area contributed by atoms with Crippen molar-refractivity contribution in [2.24, 2.45) is 0 Å². The molecular formula is C19H23ClN4O3. The lowest BCUT2D eigenvalue weighted by atomic mass is 10.2. The Hall–Kier alpha value is -2.51. The molecule has 27 heavy (non-hydrogen) atoms. The summed E-state index contributed by atoms with van der Waals surface area (Å²) in [6.45, 7) is 4.18. The van der Waals surface area contributed by atoms with Gasteiger partial charge in [-0.05, 0) is 30.3 Å². The number of halogens is 1. The zero-order valence-electron chi connectivity index (χ0n) is 15.0. The lowest BCUT2D eigenvalue weighted by Crippen LogP contribution is -2.39. The Kier molecular flexibility index (Phi) is 7.12. The lowest BCUT2D eigenvalue weighted by Gasteiger charge is -2.29. The molecule has 2 N–H and O–H groups in total. The fraction of sp³-hybridized carbons (Fsp3) is 0.368. The molecule has 0 atom stereocenters. The van der Waals surface area contributed by atoms with Gasteiger partial charge < -0.3 is 25.0 Å². The first-order chi connectivity index (χ1) is 13.2. The van der Waals surface area contributed by atoms with Gasteiger partial charge >= 0.3 is 6.03 Å². The fourth-order valence-electron chi connectivity index (χ4n) is 2.73. The standard InChI is InChI=1S/C19H23ClN4O3/c20-16-3-5-17(6-4-16)27-11-8-22-19(25)23-14-15-2-1-7-21-18(15)24-9-12-26-13-10-24/h1-7H,8-14H2,(H2,22,23,25). The molecule has 3 rings (SSSR count). The number of ether oxygens (including phenoxy) is 2. The van der Waals surface area contributed by atoms with Gasteiger partial charge in [0.05, 0.1) is 19.8 Å². The Labute approximate surface area is 163 Å². The molecule has 1 aromatic carbocycles. The molecule has 1 aliphatic rings. The number of carbonyl (C=O) groups is 1. The van der Waals surface area contributed by atoms with Crippen molar-refractivity contribution in [2.45, 2.75) is 6.54 Å². The largest absolute Gasteiger partial charge is 0.492 e. The van der Waals surface area contributed by atoms with E-state index in [-0.39, 0.29) is 6.03 Å². The highest BCUT2D eigenvalue weighted by Crippen LogP contribution is 2.18. The maximum atomic E-state index is 12.0. The number of morpholine rings is 1. The quantitative estimate of drug-likeness (QED) is 0.710. The minimum absolute atomic E-state index is 0.244. The molecule has 0 spiro atoms. The van der Waals surface area contributed by atoms with Crippen molar-refractivity contribution in [3.05, 3.63) is 53.2 Å². The number of amides is 2. The Bertz CT molecular complexity index is 736. The molecule has 7 nitrogen and oxygen atoms in total. The lowest BCUT2D eigenvalue weighted by molar-refractivity contribution is 0.122. The van der Waals surface area contributed by atoms with Crippen LogP contribution in [0.4, 0.5) is 10.6 Å². The molecule has 0 bridgehead atoms. The van der Waals surface area contributed by atoms with Crippen LogP contribution < -0.4 is 20.3 Å². The summed E-state index contributed by atoms with van der Waals surface area (Å²) < 4.78 is 10.9. The van der Waals surface area contributed by atoms with E-state index in [1.165, 1.54) is 0 Å². The van der Waals surface area contributed by atoms with Gasteiger partial charge in [0.2, 0.25) is 0 Å². The Morgan fingerprint density at radius 3 is 2.74 bits per heavy atom. The van der Waals surface area contributed by atoms with Crippen LogP contribution in [0.3, 0.4) is 0 Å². The second kappa shape index (κ2) is 9.99. The van der Waals surface area contributed by atoms with Crippen LogP contribution in [0.5, 0.6) is 5.75 Å². The maximum Gasteiger partial charge on any atom is 0.315 e. The summed E-state index contributed by atoms with van der Waals surface area (Å²) in [5.41, 5.74) is 0.979. The SMILES string of the molecule is O=C(NCCOc1ccc(Cl)cc1)NCc1cccnc1N1CCOCC1. The predicted molar refractivity (Wildman–Crippen MR) is 104 cm³/mol. The van der Waals surface area contributed by atoms with Gasteiger partial charge in [0, 0.05) is 36.4 Å². The van der Waals surface area contributed by atoms with E-state index >= 15 is 0 Å². The van der Waals surface area contributed by atoms with E-state index in [1.807, 2.05) is 12.1 Å². The topological polar surface area (TPSA) is 75.7 Å². The summed E-state index contributed by atoms with van der Waals surface area (Å²) in [6.07, 6.45) is 1.77. The van der Waals surface area contributed by atoms with Gasteiger partial charge in [0.25, 0.3) is 0 Å². The van der Waals surface area contributed by atoms with Gasteiger partial charge in [-0.25, -0.2) is 9.78 Å². The average molecular weight is 391 g/mol. The van der Waals surface area contributed by atoms with Crippen molar-refractivity contribution < 1.29 is 14.3 Å². The number of nitrogens with zero attached hydrogens (tertiary/aromatic N) is 2. The van der Waals surface area contributed by atoms with Gasteiger partial charge in [-0.2, -0.15) is 0 Å². The van der Waals surface area contributed by atoms with Gasteiger partial charge in [0.15, 0.2) is 0 Å². The van der Waals surface area contributed by atoms with Crippen LogP contribution in [0.25, 0.3) is 0 Å². The zero-order chi connectivity index (χ0) is 18.9. The third-order valence-electron chi connectivity index (χ3n) is 4.09. The molecule has 0 saturated carbocycles. The summed E-state index contributed by atoms with van der Waals surface area (Å²) >= 11 is 5.83. The molecule has 2 heterocycles. The number of rotatable bonds is 7. The molecule has 1 fully saturated rings. The highest BCUT2D eigenvalue weighted by atomic mass is 35.5. The Morgan fingerprint density at radius 1 is 1.19 bits per heavy atom. The molecule has 1 aromatic heterocycles. The summed E-state index contributed by atoms with van der Waals surface area (Å²) in [7, 11) is 0. The number of anilines is 1. The van der Waals surface area contributed by atoms with Crippen LogP contribution in [0, 0.1) is 0 Å². The van der Waals surface area contributed by atoms with E-state index in [1.54, 1.807) is 30.5 Å². The molecule has 1 aliphatic heterocycles. The van der Waals surface area contributed by atoms with Crippen LogP contribution in [-0.2, 0) is 11.3 Å². The first-order valence-corrected chi connectivity index (χ1v) is 9.27. The van der Waals surface area contributed by atoms with Crippen LogP contribution >= 0.6 is 11.6 Å². The van der Waals surface area contributed by atoms with Gasteiger partial charge in [0.1, 0.15) is 18.2 Å². The molecule has 144 valence electrons. The van der Waals surface area contributed by atoms with E-state index in [2.05, 4.69) is 20.5 Å². The van der Waals surface area contributed by atoms with E-state index in [4.69, 9.17) is 21.1 Å². The smallest absolute Gasteiger partial charge is 0.315 e. The number of carbonyl (C=O) groups excluding carboxylic acids is 1. The monoisotopic (exact) mass is 390 g/mol. The number of benzene rings is 1. The molecule has 1 saturated heterocycles. The van der Waals surface area contributed by atoms with E-state index in [0.29, 0.717) is 43.7 Å². The average Bonchev–Trinajstić information content (AvgIpc) is 2.72. The van der Waals surface area contributed by atoms with E-state index in [9.17, 15) is 4.79 Å². The fourth-order valence-corrected chi connectivity index (χ4v) is 2.86. The minimum Gasteiger partial charge on any atom is -0.492 e. The van der Waals surface area contributed by atoms with Gasteiger partial charge in [-0.3, -0.25) is 0 Å².